The fourth-order valence-electron chi connectivity index (χ4n) is 2.03. The Morgan fingerprint density at radius 2 is 2.18 bits per heavy atom. The number of esters is 1. The first-order valence-electron chi connectivity index (χ1n) is 5.85. The SMILES string of the molecule is COC(=O)[C@@H](C)CCc1c[nH]c2ccccc12. The number of nitrogens with one attached hydrogen (secondary N) is 1. The van der Waals surface area contributed by atoms with Crippen LogP contribution < -0.4 is 0 Å². The van der Waals surface area contributed by atoms with Crippen LogP contribution in [0.3, 0.4) is 0 Å². The fraction of sp³-hybridized carbons (Fsp3) is 0.357. The Kier molecular flexibility index (Phi) is 3.47. The molecule has 3 heteroatoms. The van der Waals surface area contributed by atoms with Gasteiger partial charge in [0.05, 0.1) is 13.0 Å². The number of aryl methyl sites for hydroxylation is 1. The van der Waals surface area contributed by atoms with Crippen molar-refractivity contribution in [2.45, 2.75) is 19.8 Å². The van der Waals surface area contributed by atoms with Crippen molar-refractivity contribution in [1.29, 1.82) is 0 Å². The summed E-state index contributed by atoms with van der Waals surface area (Å²) in [5.41, 5.74) is 2.41. The summed E-state index contributed by atoms with van der Waals surface area (Å²) in [6.45, 7) is 1.90. The first-order valence-corrected chi connectivity index (χ1v) is 5.85. The van der Waals surface area contributed by atoms with Gasteiger partial charge in [-0.05, 0) is 24.5 Å². The lowest BCUT2D eigenvalue weighted by molar-refractivity contribution is -0.145. The average molecular weight is 231 g/mol. The molecule has 0 radical (unpaired) electrons. The average Bonchev–Trinajstić information content (AvgIpc) is 2.78. The van der Waals surface area contributed by atoms with Crippen LogP contribution >= 0.6 is 0 Å². The van der Waals surface area contributed by atoms with E-state index in [1.165, 1.54) is 18.1 Å². The number of methoxy groups -OCH3 is 1. The van der Waals surface area contributed by atoms with Gasteiger partial charge in [-0.25, -0.2) is 0 Å². The first-order chi connectivity index (χ1) is 8.22. The summed E-state index contributed by atoms with van der Waals surface area (Å²) in [6, 6.07) is 8.20. The molecule has 17 heavy (non-hydrogen) atoms. The molecule has 1 aromatic carbocycles. The maximum absolute atomic E-state index is 11.3. The van der Waals surface area contributed by atoms with E-state index in [4.69, 9.17) is 4.74 Å². The Bertz CT molecular complexity index is 516. The predicted octanol–water partition coefficient (Wildman–Crippen LogP) is 2.91. The van der Waals surface area contributed by atoms with Crippen LogP contribution in [-0.4, -0.2) is 18.1 Å². The maximum Gasteiger partial charge on any atom is 0.308 e. The van der Waals surface area contributed by atoms with Crippen LogP contribution in [-0.2, 0) is 16.0 Å². The van der Waals surface area contributed by atoms with Gasteiger partial charge in [0.1, 0.15) is 0 Å². The summed E-state index contributed by atoms with van der Waals surface area (Å²) in [5, 5.41) is 1.24. The zero-order valence-corrected chi connectivity index (χ0v) is 10.2. The second-order valence-corrected chi connectivity index (χ2v) is 4.32. The van der Waals surface area contributed by atoms with E-state index in [0.717, 1.165) is 18.4 Å². The van der Waals surface area contributed by atoms with Crippen molar-refractivity contribution in [3.8, 4) is 0 Å². The van der Waals surface area contributed by atoms with Gasteiger partial charge in [-0.1, -0.05) is 25.1 Å². The number of carbonyl (C=O) groups is 1. The van der Waals surface area contributed by atoms with Crippen molar-refractivity contribution in [3.05, 3.63) is 36.0 Å². The minimum Gasteiger partial charge on any atom is -0.469 e. The second-order valence-electron chi connectivity index (χ2n) is 4.32. The Morgan fingerprint density at radius 3 is 2.94 bits per heavy atom. The number of hydrogen-bond acceptors (Lipinski definition) is 2. The monoisotopic (exact) mass is 231 g/mol. The molecule has 0 saturated heterocycles. The normalized spacial score (nSPS) is 12.6. The van der Waals surface area contributed by atoms with Crippen LogP contribution in [0.4, 0.5) is 0 Å². The van der Waals surface area contributed by atoms with Gasteiger partial charge in [-0.15, -0.1) is 0 Å². The fourth-order valence-corrected chi connectivity index (χ4v) is 2.03. The lowest BCUT2D eigenvalue weighted by Gasteiger charge is -2.07. The first kappa shape index (κ1) is 11.7. The van der Waals surface area contributed by atoms with E-state index in [1.54, 1.807) is 0 Å². The van der Waals surface area contributed by atoms with Gasteiger partial charge in [0.25, 0.3) is 0 Å². The molecule has 0 unspecified atom stereocenters. The van der Waals surface area contributed by atoms with Crippen molar-refractivity contribution in [3.63, 3.8) is 0 Å². The second kappa shape index (κ2) is 5.04. The third kappa shape index (κ3) is 2.49. The number of ether oxygens (including phenoxy) is 1. The number of fused-ring (bicyclic) bond motifs is 1. The van der Waals surface area contributed by atoms with Crippen LogP contribution in [0.15, 0.2) is 30.5 Å². The topological polar surface area (TPSA) is 42.1 Å². The standard InChI is InChI=1S/C14H17NO2/c1-10(14(16)17-2)7-8-11-9-15-13-6-4-3-5-12(11)13/h3-6,9-10,15H,7-8H2,1-2H3/t10-/m0/s1. The highest BCUT2D eigenvalue weighted by Gasteiger charge is 2.13. The zero-order valence-electron chi connectivity index (χ0n) is 10.2. The number of rotatable bonds is 4. The van der Waals surface area contributed by atoms with E-state index in [1.807, 2.05) is 25.3 Å². The van der Waals surface area contributed by atoms with Crippen molar-refractivity contribution < 1.29 is 9.53 Å². The van der Waals surface area contributed by atoms with Crippen molar-refractivity contribution in [2.24, 2.45) is 5.92 Å². The molecule has 0 aliphatic carbocycles. The highest BCUT2D eigenvalue weighted by molar-refractivity contribution is 5.83. The van der Waals surface area contributed by atoms with Crippen LogP contribution in [0.5, 0.6) is 0 Å². The third-order valence-corrected chi connectivity index (χ3v) is 3.13. The Morgan fingerprint density at radius 1 is 1.41 bits per heavy atom. The Hall–Kier alpha value is -1.77. The molecule has 0 bridgehead atoms. The molecular formula is C14H17NO2. The van der Waals surface area contributed by atoms with Gasteiger partial charge < -0.3 is 9.72 Å². The number of benzene rings is 1. The van der Waals surface area contributed by atoms with Gasteiger partial charge in [-0.3, -0.25) is 4.79 Å². The molecular weight excluding hydrogens is 214 g/mol. The largest absolute Gasteiger partial charge is 0.469 e. The number of H-pyrrole nitrogens is 1. The summed E-state index contributed by atoms with van der Waals surface area (Å²) in [5.74, 6) is -0.182. The molecule has 2 aromatic rings. The molecule has 0 spiro atoms. The Labute approximate surface area is 101 Å². The molecule has 3 nitrogen and oxygen atoms in total. The number of aromatic amines is 1. The molecule has 1 N–H and O–H groups in total. The molecule has 1 aromatic heterocycles. The molecule has 1 atom stereocenters. The molecule has 0 amide bonds. The van der Waals surface area contributed by atoms with E-state index >= 15 is 0 Å². The summed E-state index contributed by atoms with van der Waals surface area (Å²) < 4.78 is 4.72. The summed E-state index contributed by atoms with van der Waals surface area (Å²) in [6.07, 6.45) is 3.73. The minimum atomic E-state index is -0.134. The molecule has 0 fully saturated rings. The van der Waals surface area contributed by atoms with E-state index in [9.17, 15) is 4.79 Å². The summed E-state index contributed by atoms with van der Waals surface area (Å²) in [7, 11) is 1.44. The Balaban J connectivity index is 2.07. The molecule has 90 valence electrons. The van der Waals surface area contributed by atoms with Gasteiger partial charge >= 0.3 is 5.97 Å². The molecule has 0 aliphatic rings. The van der Waals surface area contributed by atoms with E-state index in [0.29, 0.717) is 0 Å². The maximum atomic E-state index is 11.3. The number of hydrogen-bond donors (Lipinski definition) is 1. The van der Waals surface area contributed by atoms with Crippen LogP contribution in [0.1, 0.15) is 18.9 Å². The number of aromatic nitrogens is 1. The highest BCUT2D eigenvalue weighted by atomic mass is 16.5. The lowest BCUT2D eigenvalue weighted by Crippen LogP contribution is -2.13. The van der Waals surface area contributed by atoms with Crippen LogP contribution in [0.2, 0.25) is 0 Å². The third-order valence-electron chi connectivity index (χ3n) is 3.13. The van der Waals surface area contributed by atoms with E-state index in [2.05, 4.69) is 17.1 Å². The quantitative estimate of drug-likeness (QED) is 0.822. The van der Waals surface area contributed by atoms with E-state index in [-0.39, 0.29) is 11.9 Å². The zero-order chi connectivity index (χ0) is 12.3. The molecule has 2 rings (SSSR count). The van der Waals surface area contributed by atoms with Gasteiger partial charge in [-0.2, -0.15) is 0 Å². The molecule has 0 saturated carbocycles. The number of para-hydroxylation sites is 1. The van der Waals surface area contributed by atoms with Crippen molar-refractivity contribution in [1.82, 2.24) is 4.98 Å². The van der Waals surface area contributed by atoms with Crippen LogP contribution in [0.25, 0.3) is 10.9 Å². The molecule has 0 aliphatic heterocycles. The minimum absolute atomic E-state index is 0.0475. The van der Waals surface area contributed by atoms with Crippen molar-refractivity contribution in [2.75, 3.05) is 7.11 Å². The van der Waals surface area contributed by atoms with Crippen molar-refractivity contribution >= 4 is 16.9 Å². The van der Waals surface area contributed by atoms with E-state index < -0.39 is 0 Å². The predicted molar refractivity (Wildman–Crippen MR) is 67.8 cm³/mol. The van der Waals surface area contributed by atoms with Crippen LogP contribution in [0, 0.1) is 5.92 Å². The lowest BCUT2D eigenvalue weighted by atomic mass is 10.0. The summed E-state index contributed by atoms with van der Waals surface area (Å²) >= 11 is 0. The summed E-state index contributed by atoms with van der Waals surface area (Å²) in [4.78, 5) is 14.5. The highest BCUT2D eigenvalue weighted by Crippen LogP contribution is 2.20. The smallest absolute Gasteiger partial charge is 0.308 e. The van der Waals surface area contributed by atoms with Gasteiger partial charge in [0, 0.05) is 17.1 Å². The number of carbonyl (C=O) groups excluding carboxylic acids is 1. The van der Waals surface area contributed by atoms with Gasteiger partial charge in [0.15, 0.2) is 0 Å². The molecule has 1 heterocycles. The van der Waals surface area contributed by atoms with Gasteiger partial charge in [0.2, 0.25) is 0 Å².